The lowest BCUT2D eigenvalue weighted by molar-refractivity contribution is -0.206. The molecule has 0 fully saturated rings. The molecule has 0 saturated heterocycles. The van der Waals surface area contributed by atoms with Crippen LogP contribution in [0, 0.1) is 0 Å². The van der Waals surface area contributed by atoms with Crippen LogP contribution in [0.3, 0.4) is 0 Å². The molecule has 0 aliphatic heterocycles. The van der Waals surface area contributed by atoms with Crippen molar-refractivity contribution in [3.8, 4) is 0 Å². The number of hydrogen-bond donors (Lipinski definition) is 0. The molecule has 0 aromatic heterocycles. The van der Waals surface area contributed by atoms with E-state index in [9.17, 15) is 22.8 Å². The minimum Gasteiger partial charge on any atom is -0.462 e. The smallest absolute Gasteiger partial charge is 0.462 e. The van der Waals surface area contributed by atoms with Crippen LogP contribution in [0.15, 0.2) is 12.2 Å². The third-order valence-electron chi connectivity index (χ3n) is 4.75. The molecule has 0 heterocycles. The minimum atomic E-state index is -5.06. The Balaban J connectivity index is 3.57. The molecule has 0 aromatic carbocycles. The second-order valence-electron chi connectivity index (χ2n) is 7.70. The molecule has 0 saturated carbocycles. The van der Waals surface area contributed by atoms with Gasteiger partial charge in [-0.2, -0.15) is 13.2 Å². The first kappa shape index (κ1) is 29.9. The minimum absolute atomic E-state index is 0.0461. The number of halogens is 4. The number of carbonyl (C=O) groups excluding carboxylic acids is 2. The molecule has 31 heavy (non-hydrogen) atoms. The Morgan fingerprint density at radius 3 is 1.90 bits per heavy atom. The summed E-state index contributed by atoms with van der Waals surface area (Å²) in [7, 11) is 0. The molecule has 0 rings (SSSR count). The zero-order valence-electron chi connectivity index (χ0n) is 18.7. The summed E-state index contributed by atoms with van der Waals surface area (Å²) >= 11 is 2.94. The molecule has 0 amide bonds. The standard InChI is InChI=1S/C23H38BrF3O4/c1-2-3-4-5-6-7-8-9-10-11-12-13-14-15-16-17-21(28)30-19-20(18-24)31-22(29)23(25,26)27/h9-10,20H,2-8,11-19H2,1H3/b10-9-/t20-/m1/s1. The van der Waals surface area contributed by atoms with Gasteiger partial charge in [-0.15, -0.1) is 0 Å². The van der Waals surface area contributed by atoms with E-state index in [-0.39, 0.29) is 11.8 Å². The Bertz CT molecular complexity index is 496. The van der Waals surface area contributed by atoms with E-state index >= 15 is 0 Å². The van der Waals surface area contributed by atoms with Gasteiger partial charge in [0.05, 0.1) is 0 Å². The van der Waals surface area contributed by atoms with Gasteiger partial charge in [-0.3, -0.25) is 4.79 Å². The molecule has 0 radical (unpaired) electrons. The Labute approximate surface area is 193 Å². The van der Waals surface area contributed by atoms with E-state index in [0.717, 1.165) is 32.1 Å². The van der Waals surface area contributed by atoms with Crippen molar-refractivity contribution in [1.82, 2.24) is 0 Å². The first-order valence-corrected chi connectivity index (χ1v) is 12.6. The molecule has 0 aliphatic carbocycles. The Morgan fingerprint density at radius 2 is 1.39 bits per heavy atom. The summed E-state index contributed by atoms with van der Waals surface area (Å²) in [5.74, 6) is -2.78. The molecule has 1 atom stereocenters. The average molecular weight is 515 g/mol. The van der Waals surface area contributed by atoms with Gasteiger partial charge in [-0.1, -0.05) is 86.4 Å². The Morgan fingerprint density at radius 1 is 0.871 bits per heavy atom. The van der Waals surface area contributed by atoms with Crippen molar-refractivity contribution in [2.24, 2.45) is 0 Å². The van der Waals surface area contributed by atoms with Crippen LogP contribution in [0.5, 0.6) is 0 Å². The van der Waals surface area contributed by atoms with Crippen LogP contribution in [0.1, 0.15) is 96.8 Å². The lowest BCUT2D eigenvalue weighted by Crippen LogP contribution is -2.33. The number of carbonyl (C=O) groups is 2. The summed E-state index contributed by atoms with van der Waals surface area (Å²) in [6.45, 7) is 1.84. The maximum absolute atomic E-state index is 12.2. The van der Waals surface area contributed by atoms with Crippen molar-refractivity contribution in [3.63, 3.8) is 0 Å². The quantitative estimate of drug-likeness (QED) is 0.0777. The van der Waals surface area contributed by atoms with E-state index in [4.69, 9.17) is 4.74 Å². The summed E-state index contributed by atoms with van der Waals surface area (Å²) in [6.07, 6.45) is 13.6. The van der Waals surface area contributed by atoms with Crippen LogP contribution in [-0.4, -0.2) is 36.2 Å². The summed E-state index contributed by atoms with van der Waals surface area (Å²) in [6, 6.07) is 0. The topological polar surface area (TPSA) is 52.6 Å². The van der Waals surface area contributed by atoms with Crippen molar-refractivity contribution in [1.29, 1.82) is 0 Å². The molecule has 0 unspecified atom stereocenters. The van der Waals surface area contributed by atoms with Gasteiger partial charge in [0.15, 0.2) is 0 Å². The molecule has 0 aromatic rings. The number of esters is 2. The summed E-state index contributed by atoms with van der Waals surface area (Å²) in [5.41, 5.74) is 0. The molecular weight excluding hydrogens is 477 g/mol. The SMILES string of the molecule is CCCCCCCC/C=C\CCCCCCCC(=O)OC[C@@H](CBr)OC(=O)C(F)(F)F. The highest BCUT2D eigenvalue weighted by molar-refractivity contribution is 9.09. The van der Waals surface area contributed by atoms with E-state index in [1.54, 1.807) is 0 Å². The monoisotopic (exact) mass is 514 g/mol. The number of allylic oxidation sites excluding steroid dienone is 2. The van der Waals surface area contributed by atoms with Gasteiger partial charge >= 0.3 is 18.1 Å². The molecule has 0 spiro atoms. The summed E-state index contributed by atoms with van der Waals surface area (Å²) < 4.78 is 45.7. The number of unbranched alkanes of at least 4 members (excludes halogenated alkanes) is 11. The van der Waals surface area contributed by atoms with Gasteiger partial charge < -0.3 is 9.47 Å². The predicted octanol–water partition coefficient (Wildman–Crippen LogP) is 7.44. The van der Waals surface area contributed by atoms with Gasteiger partial charge in [0.25, 0.3) is 0 Å². The van der Waals surface area contributed by atoms with Crippen molar-refractivity contribution >= 4 is 27.9 Å². The molecule has 0 aliphatic rings. The van der Waals surface area contributed by atoms with E-state index in [1.807, 2.05) is 0 Å². The third-order valence-corrected chi connectivity index (χ3v) is 5.47. The van der Waals surface area contributed by atoms with E-state index < -0.39 is 30.8 Å². The molecule has 4 nitrogen and oxygen atoms in total. The average Bonchev–Trinajstić information content (AvgIpc) is 2.72. The maximum Gasteiger partial charge on any atom is 0.490 e. The summed E-state index contributed by atoms with van der Waals surface area (Å²) in [4.78, 5) is 22.5. The van der Waals surface area contributed by atoms with Gasteiger partial charge in [0.1, 0.15) is 12.7 Å². The Kier molecular flexibility index (Phi) is 19.0. The van der Waals surface area contributed by atoms with Crippen molar-refractivity contribution in [2.45, 2.75) is 109 Å². The van der Waals surface area contributed by atoms with Crippen molar-refractivity contribution in [3.05, 3.63) is 12.2 Å². The second kappa shape index (κ2) is 19.6. The number of ether oxygens (including phenoxy) is 2. The van der Waals surface area contributed by atoms with Crippen molar-refractivity contribution in [2.75, 3.05) is 11.9 Å². The predicted molar refractivity (Wildman–Crippen MR) is 120 cm³/mol. The van der Waals surface area contributed by atoms with Crippen LogP contribution in [0.4, 0.5) is 13.2 Å². The third kappa shape index (κ3) is 19.4. The fourth-order valence-corrected chi connectivity index (χ4v) is 3.25. The number of alkyl halides is 4. The highest BCUT2D eigenvalue weighted by Crippen LogP contribution is 2.18. The fourth-order valence-electron chi connectivity index (χ4n) is 2.93. The zero-order valence-corrected chi connectivity index (χ0v) is 20.3. The molecule has 8 heteroatoms. The van der Waals surface area contributed by atoms with Gasteiger partial charge in [-0.05, 0) is 32.1 Å². The first-order valence-electron chi connectivity index (χ1n) is 11.5. The fraction of sp³-hybridized carbons (Fsp3) is 0.826. The first-order chi connectivity index (χ1) is 14.8. The van der Waals surface area contributed by atoms with Crippen LogP contribution >= 0.6 is 15.9 Å². The largest absolute Gasteiger partial charge is 0.490 e. The number of hydrogen-bond acceptors (Lipinski definition) is 4. The zero-order chi connectivity index (χ0) is 23.4. The normalized spacial score (nSPS) is 12.8. The van der Waals surface area contributed by atoms with Gasteiger partial charge in [0.2, 0.25) is 0 Å². The van der Waals surface area contributed by atoms with E-state index in [1.165, 1.54) is 44.9 Å². The molecule has 0 bridgehead atoms. The van der Waals surface area contributed by atoms with Crippen LogP contribution in [-0.2, 0) is 19.1 Å². The highest BCUT2D eigenvalue weighted by Gasteiger charge is 2.42. The molecular formula is C23H38BrF3O4. The second-order valence-corrected chi connectivity index (χ2v) is 8.34. The number of rotatable bonds is 19. The van der Waals surface area contributed by atoms with Gasteiger partial charge in [0, 0.05) is 11.8 Å². The molecule has 0 N–H and O–H groups in total. The maximum atomic E-state index is 12.2. The van der Waals surface area contributed by atoms with E-state index in [2.05, 4.69) is 39.7 Å². The molecule has 182 valence electrons. The van der Waals surface area contributed by atoms with Gasteiger partial charge in [-0.25, -0.2) is 4.79 Å². The highest BCUT2D eigenvalue weighted by atomic mass is 79.9. The van der Waals surface area contributed by atoms with E-state index in [0.29, 0.717) is 6.42 Å². The Hall–Kier alpha value is -1.05. The lowest BCUT2D eigenvalue weighted by Gasteiger charge is -2.16. The van der Waals surface area contributed by atoms with Crippen molar-refractivity contribution < 1.29 is 32.2 Å². The van der Waals surface area contributed by atoms with Crippen LogP contribution in [0.25, 0.3) is 0 Å². The lowest BCUT2D eigenvalue weighted by atomic mass is 10.1. The van der Waals surface area contributed by atoms with Crippen LogP contribution < -0.4 is 0 Å². The van der Waals surface area contributed by atoms with Crippen LogP contribution in [0.2, 0.25) is 0 Å². The summed E-state index contributed by atoms with van der Waals surface area (Å²) in [5, 5.41) is -0.0461.